The van der Waals surface area contributed by atoms with Crippen molar-refractivity contribution >= 4 is 29.4 Å². The fourth-order valence-electron chi connectivity index (χ4n) is 6.89. The lowest BCUT2D eigenvalue weighted by molar-refractivity contribution is -0.160. The fraction of sp³-hybridized carbons (Fsp3) is 0.533. The van der Waals surface area contributed by atoms with Crippen LogP contribution in [0.2, 0.25) is 5.02 Å². The Labute approximate surface area is 245 Å². The van der Waals surface area contributed by atoms with Crippen LogP contribution in [0.15, 0.2) is 30.4 Å². The second-order valence-corrected chi connectivity index (χ2v) is 12.4. The number of carbonyl (C=O) groups excluding carboxylic acids is 2. The SMILES string of the molecule is O=C(O)C1CC=CC(c2nn(C(=O)c3c(Cl)cccc3C3(C(F)(F)F)CC3)c3c2CCC(C(=O)N2CCC(O)C2)C3)C1. The smallest absolute Gasteiger partial charge is 0.398 e. The van der Waals surface area contributed by atoms with Gasteiger partial charge in [-0.05, 0) is 62.1 Å². The van der Waals surface area contributed by atoms with Crippen molar-refractivity contribution in [2.45, 2.75) is 75.0 Å². The van der Waals surface area contributed by atoms with Crippen LogP contribution in [0.4, 0.5) is 13.2 Å². The molecule has 3 aliphatic carbocycles. The van der Waals surface area contributed by atoms with E-state index >= 15 is 0 Å². The van der Waals surface area contributed by atoms with Crippen molar-refractivity contribution in [3.63, 3.8) is 0 Å². The second kappa shape index (κ2) is 10.5. The minimum absolute atomic E-state index is 0.114. The second-order valence-electron chi connectivity index (χ2n) is 12.0. The Hall–Kier alpha value is -3.18. The molecule has 4 aliphatic rings. The highest BCUT2D eigenvalue weighted by Crippen LogP contribution is 2.60. The van der Waals surface area contributed by atoms with Crippen LogP contribution in [-0.2, 0) is 27.8 Å². The zero-order chi connectivity index (χ0) is 30.0. The minimum atomic E-state index is -4.57. The number of rotatable bonds is 5. The van der Waals surface area contributed by atoms with E-state index in [4.69, 9.17) is 11.6 Å². The van der Waals surface area contributed by atoms with Gasteiger partial charge in [-0.3, -0.25) is 14.4 Å². The summed E-state index contributed by atoms with van der Waals surface area (Å²) in [5.74, 6) is -3.41. The van der Waals surface area contributed by atoms with Crippen LogP contribution in [0.1, 0.15) is 77.3 Å². The Morgan fingerprint density at radius 1 is 1.12 bits per heavy atom. The number of allylic oxidation sites excluding steroid dienone is 2. The van der Waals surface area contributed by atoms with Crippen molar-refractivity contribution in [2.24, 2.45) is 11.8 Å². The predicted octanol–water partition coefficient (Wildman–Crippen LogP) is 4.65. The predicted molar refractivity (Wildman–Crippen MR) is 145 cm³/mol. The molecule has 42 heavy (non-hydrogen) atoms. The number of aliphatic carboxylic acids is 1. The number of aliphatic hydroxyl groups is 1. The molecule has 224 valence electrons. The van der Waals surface area contributed by atoms with Crippen LogP contribution in [0.3, 0.4) is 0 Å². The summed E-state index contributed by atoms with van der Waals surface area (Å²) < 4.78 is 43.7. The van der Waals surface area contributed by atoms with Gasteiger partial charge in [-0.1, -0.05) is 35.9 Å². The molecule has 2 heterocycles. The molecule has 1 aromatic heterocycles. The lowest BCUT2D eigenvalue weighted by Gasteiger charge is -2.28. The van der Waals surface area contributed by atoms with Crippen LogP contribution >= 0.6 is 11.6 Å². The summed E-state index contributed by atoms with van der Waals surface area (Å²) in [7, 11) is 0. The van der Waals surface area contributed by atoms with Crippen molar-refractivity contribution in [2.75, 3.05) is 13.1 Å². The Kier molecular flexibility index (Phi) is 7.24. The highest BCUT2D eigenvalue weighted by atomic mass is 35.5. The Morgan fingerprint density at radius 2 is 1.88 bits per heavy atom. The molecule has 2 fully saturated rings. The Balaban J connectivity index is 1.43. The first-order chi connectivity index (χ1) is 19.9. The number of nitrogens with zero attached hydrogens (tertiary/aromatic N) is 3. The van der Waals surface area contributed by atoms with Gasteiger partial charge in [-0.2, -0.15) is 18.3 Å². The van der Waals surface area contributed by atoms with Crippen LogP contribution < -0.4 is 0 Å². The third-order valence-corrected chi connectivity index (χ3v) is 9.70. The molecular formula is C30H31ClF3N3O5. The van der Waals surface area contributed by atoms with Crippen molar-refractivity contribution in [3.05, 3.63) is 63.5 Å². The maximum atomic E-state index is 14.2. The maximum Gasteiger partial charge on any atom is 0.398 e. The maximum absolute atomic E-state index is 14.2. The number of hydrogen-bond acceptors (Lipinski definition) is 5. The summed E-state index contributed by atoms with van der Waals surface area (Å²) in [6.45, 7) is 0.663. The molecule has 4 atom stereocenters. The van der Waals surface area contributed by atoms with E-state index in [1.807, 2.05) is 6.08 Å². The molecule has 1 aliphatic heterocycles. The lowest BCUT2D eigenvalue weighted by Crippen LogP contribution is -2.38. The summed E-state index contributed by atoms with van der Waals surface area (Å²) >= 11 is 6.44. The third-order valence-electron chi connectivity index (χ3n) is 9.38. The number of alkyl halides is 3. The molecular weight excluding hydrogens is 575 g/mol. The molecule has 1 saturated heterocycles. The van der Waals surface area contributed by atoms with E-state index in [2.05, 4.69) is 5.10 Å². The summed E-state index contributed by atoms with van der Waals surface area (Å²) in [6, 6.07) is 4.08. The number of halogens is 4. The van der Waals surface area contributed by atoms with Gasteiger partial charge in [0.1, 0.15) is 0 Å². The third kappa shape index (κ3) is 4.84. The first-order valence-corrected chi connectivity index (χ1v) is 14.7. The highest BCUT2D eigenvalue weighted by molar-refractivity contribution is 6.34. The van der Waals surface area contributed by atoms with E-state index in [1.165, 1.54) is 18.2 Å². The molecule has 8 nitrogen and oxygen atoms in total. The number of aliphatic hydroxyl groups excluding tert-OH is 1. The van der Waals surface area contributed by atoms with Crippen LogP contribution in [0.25, 0.3) is 0 Å². The van der Waals surface area contributed by atoms with E-state index in [0.717, 1.165) is 10.2 Å². The summed E-state index contributed by atoms with van der Waals surface area (Å²) in [5, 5.41) is 24.1. The molecule has 2 N–H and O–H groups in total. The topological polar surface area (TPSA) is 113 Å². The average molecular weight is 606 g/mol. The minimum Gasteiger partial charge on any atom is -0.481 e. The Bertz CT molecular complexity index is 1480. The molecule has 2 aromatic rings. The average Bonchev–Trinajstić information content (AvgIpc) is 3.54. The van der Waals surface area contributed by atoms with Gasteiger partial charge in [0.2, 0.25) is 5.91 Å². The molecule has 12 heteroatoms. The quantitative estimate of drug-likeness (QED) is 0.480. The molecule has 4 unspecified atom stereocenters. The number of β-amino-alcohol motifs (C(OH)–C–C–N with tert-alkyl or cyclic N) is 1. The lowest BCUT2D eigenvalue weighted by atomic mass is 9.80. The molecule has 1 amide bonds. The number of carboxylic acid groups (broad SMARTS) is 1. The van der Waals surface area contributed by atoms with Crippen molar-refractivity contribution in [1.29, 1.82) is 0 Å². The molecule has 0 spiro atoms. The number of amides is 1. The van der Waals surface area contributed by atoms with Gasteiger partial charge in [-0.15, -0.1) is 0 Å². The van der Waals surface area contributed by atoms with E-state index in [0.29, 0.717) is 43.6 Å². The zero-order valence-electron chi connectivity index (χ0n) is 22.7. The fourth-order valence-corrected chi connectivity index (χ4v) is 7.14. The molecule has 0 bridgehead atoms. The van der Waals surface area contributed by atoms with Gasteiger partial charge in [0.25, 0.3) is 5.91 Å². The van der Waals surface area contributed by atoms with Crippen molar-refractivity contribution in [3.8, 4) is 0 Å². The van der Waals surface area contributed by atoms with Crippen molar-refractivity contribution < 1.29 is 37.8 Å². The molecule has 0 radical (unpaired) electrons. The molecule has 1 aromatic carbocycles. The monoisotopic (exact) mass is 605 g/mol. The number of aromatic nitrogens is 2. The number of benzene rings is 1. The highest BCUT2D eigenvalue weighted by Gasteiger charge is 2.65. The summed E-state index contributed by atoms with van der Waals surface area (Å²) in [5.41, 5.74) is -0.933. The normalized spacial score (nSPS) is 26.6. The van der Waals surface area contributed by atoms with Crippen molar-refractivity contribution in [1.82, 2.24) is 14.7 Å². The van der Waals surface area contributed by atoms with E-state index in [1.54, 1.807) is 11.0 Å². The number of fused-ring (bicyclic) bond motifs is 1. The number of carboxylic acids is 1. The van der Waals surface area contributed by atoms with Crippen LogP contribution in [-0.4, -0.2) is 68.0 Å². The number of carbonyl (C=O) groups is 3. The standard InChI is InChI=1S/C30H31ClF3N3O5/c31-22-6-2-5-21(29(10-11-29)30(32,33)34)24(22)27(40)37-23-14-17(26(39)36-12-9-19(38)15-36)7-8-20(23)25(35-37)16-3-1-4-18(13-16)28(41)42/h1-3,5-6,16-19,38H,4,7-15H2,(H,41,42). The van der Waals surface area contributed by atoms with E-state index < -0.39 is 47.3 Å². The molecule has 1 saturated carbocycles. The zero-order valence-corrected chi connectivity index (χ0v) is 23.5. The van der Waals surface area contributed by atoms with Gasteiger partial charge in [0.15, 0.2) is 0 Å². The van der Waals surface area contributed by atoms with E-state index in [9.17, 15) is 37.8 Å². The molecule has 6 rings (SSSR count). The van der Waals surface area contributed by atoms with Crippen LogP contribution in [0, 0.1) is 11.8 Å². The largest absolute Gasteiger partial charge is 0.481 e. The van der Waals surface area contributed by atoms with E-state index in [-0.39, 0.29) is 54.3 Å². The summed E-state index contributed by atoms with van der Waals surface area (Å²) in [4.78, 5) is 41.0. The van der Waals surface area contributed by atoms with Crippen LogP contribution in [0.5, 0.6) is 0 Å². The summed E-state index contributed by atoms with van der Waals surface area (Å²) in [6.07, 6.45) is 0.314. The van der Waals surface area contributed by atoms with Gasteiger partial charge in [0, 0.05) is 31.3 Å². The number of hydrogen-bond donors (Lipinski definition) is 2. The van der Waals surface area contributed by atoms with Gasteiger partial charge >= 0.3 is 12.1 Å². The number of likely N-dealkylation sites (tertiary alicyclic amines) is 1. The first-order valence-electron chi connectivity index (χ1n) is 14.3. The first kappa shape index (κ1) is 28.9. The van der Waals surface area contributed by atoms with Gasteiger partial charge in [0.05, 0.1) is 39.4 Å². The Morgan fingerprint density at radius 3 is 2.52 bits per heavy atom. The van der Waals surface area contributed by atoms with Gasteiger partial charge < -0.3 is 15.1 Å². The van der Waals surface area contributed by atoms with Gasteiger partial charge in [-0.25, -0.2) is 4.68 Å².